The van der Waals surface area contributed by atoms with Crippen LogP contribution in [0.15, 0.2) is 5.11 Å². The summed E-state index contributed by atoms with van der Waals surface area (Å²) in [5.74, 6) is 1.13. The first-order chi connectivity index (χ1) is 9.93. The third kappa shape index (κ3) is 5.47. The SMILES string of the molecule is CC(C)CCN1O[C@@H](CN=[N+]=[N-])C[C@@]1(CCO)CC(C)C. The van der Waals surface area contributed by atoms with Crippen molar-refractivity contribution in [3.05, 3.63) is 10.4 Å². The second kappa shape index (κ2) is 8.59. The van der Waals surface area contributed by atoms with Crippen molar-refractivity contribution in [3.8, 4) is 0 Å². The summed E-state index contributed by atoms with van der Waals surface area (Å²) in [6.07, 6.45) is 3.50. The van der Waals surface area contributed by atoms with Gasteiger partial charge in [0.2, 0.25) is 0 Å². The molecule has 21 heavy (non-hydrogen) atoms. The molecule has 0 aromatic heterocycles. The average molecular weight is 298 g/mol. The van der Waals surface area contributed by atoms with E-state index in [0.717, 1.165) is 25.8 Å². The lowest BCUT2D eigenvalue weighted by Crippen LogP contribution is -2.45. The van der Waals surface area contributed by atoms with Crippen molar-refractivity contribution < 1.29 is 9.94 Å². The molecule has 2 atom stereocenters. The fraction of sp³-hybridized carbons (Fsp3) is 1.00. The van der Waals surface area contributed by atoms with Crippen LogP contribution in [-0.4, -0.2) is 41.5 Å². The number of azide groups is 1. The third-order valence-corrected chi connectivity index (χ3v) is 4.04. The zero-order valence-corrected chi connectivity index (χ0v) is 13.8. The molecule has 1 heterocycles. The van der Waals surface area contributed by atoms with Crippen LogP contribution in [0.4, 0.5) is 0 Å². The molecule has 0 amide bonds. The minimum atomic E-state index is -0.131. The summed E-state index contributed by atoms with van der Waals surface area (Å²) >= 11 is 0. The van der Waals surface area contributed by atoms with Crippen molar-refractivity contribution in [2.24, 2.45) is 17.0 Å². The molecule has 1 fully saturated rings. The van der Waals surface area contributed by atoms with Gasteiger partial charge in [0, 0.05) is 18.1 Å². The van der Waals surface area contributed by atoms with Crippen molar-refractivity contribution in [2.75, 3.05) is 19.7 Å². The van der Waals surface area contributed by atoms with Crippen LogP contribution >= 0.6 is 0 Å². The molecule has 6 heteroatoms. The molecule has 122 valence electrons. The zero-order chi connectivity index (χ0) is 15.9. The van der Waals surface area contributed by atoms with E-state index in [1.165, 1.54) is 0 Å². The first kappa shape index (κ1) is 18.2. The summed E-state index contributed by atoms with van der Waals surface area (Å²) in [7, 11) is 0. The second-order valence-corrected chi connectivity index (χ2v) is 6.93. The largest absolute Gasteiger partial charge is 0.396 e. The van der Waals surface area contributed by atoms with Gasteiger partial charge in [-0.2, -0.15) is 5.06 Å². The van der Waals surface area contributed by atoms with Crippen LogP contribution < -0.4 is 0 Å². The minimum absolute atomic E-state index is 0.0710. The van der Waals surface area contributed by atoms with E-state index in [2.05, 4.69) is 42.8 Å². The number of rotatable bonds is 9. The van der Waals surface area contributed by atoms with Crippen molar-refractivity contribution in [1.82, 2.24) is 5.06 Å². The Morgan fingerprint density at radius 2 is 2.10 bits per heavy atom. The zero-order valence-electron chi connectivity index (χ0n) is 13.8. The molecule has 1 rings (SSSR count). The Bertz CT molecular complexity index is 356. The number of aliphatic hydroxyl groups excluding tert-OH is 1. The van der Waals surface area contributed by atoms with Gasteiger partial charge < -0.3 is 5.11 Å². The number of nitrogens with zero attached hydrogens (tertiary/aromatic N) is 4. The van der Waals surface area contributed by atoms with Gasteiger partial charge in [-0.3, -0.25) is 4.84 Å². The van der Waals surface area contributed by atoms with E-state index in [4.69, 9.17) is 10.4 Å². The van der Waals surface area contributed by atoms with Crippen LogP contribution in [0, 0.1) is 11.8 Å². The van der Waals surface area contributed by atoms with Gasteiger partial charge >= 0.3 is 0 Å². The maximum Gasteiger partial charge on any atom is 0.0868 e. The molecule has 0 aliphatic carbocycles. The Hall–Kier alpha value is -0.810. The predicted octanol–water partition coefficient (Wildman–Crippen LogP) is 3.52. The van der Waals surface area contributed by atoms with E-state index in [0.29, 0.717) is 24.8 Å². The van der Waals surface area contributed by atoms with Gasteiger partial charge in [-0.1, -0.05) is 32.8 Å². The molecule has 6 nitrogen and oxygen atoms in total. The fourth-order valence-corrected chi connectivity index (χ4v) is 3.23. The topological polar surface area (TPSA) is 81.5 Å². The van der Waals surface area contributed by atoms with Crippen molar-refractivity contribution >= 4 is 0 Å². The highest BCUT2D eigenvalue weighted by atomic mass is 16.7. The molecule has 0 aromatic carbocycles. The Labute approximate surface area is 128 Å². The lowest BCUT2D eigenvalue weighted by atomic mass is 9.81. The summed E-state index contributed by atoms with van der Waals surface area (Å²) < 4.78 is 0. The molecule has 0 saturated carbocycles. The number of aliphatic hydroxyl groups is 1. The first-order valence-corrected chi connectivity index (χ1v) is 7.99. The molecule has 1 N–H and O–H groups in total. The molecular weight excluding hydrogens is 268 g/mol. The maximum absolute atomic E-state index is 9.50. The van der Waals surface area contributed by atoms with Crippen LogP contribution in [0.5, 0.6) is 0 Å². The average Bonchev–Trinajstić information content (AvgIpc) is 2.71. The van der Waals surface area contributed by atoms with Crippen LogP contribution in [0.3, 0.4) is 0 Å². The molecule has 0 radical (unpaired) electrons. The van der Waals surface area contributed by atoms with Gasteiger partial charge in [0.25, 0.3) is 0 Å². The molecule has 1 saturated heterocycles. The molecule has 0 unspecified atom stereocenters. The van der Waals surface area contributed by atoms with E-state index in [1.54, 1.807) is 0 Å². The first-order valence-electron chi connectivity index (χ1n) is 7.99. The highest BCUT2D eigenvalue weighted by Crippen LogP contribution is 2.40. The summed E-state index contributed by atoms with van der Waals surface area (Å²) in [6, 6.07) is 0. The summed E-state index contributed by atoms with van der Waals surface area (Å²) in [5, 5.41) is 15.2. The quantitative estimate of drug-likeness (QED) is 0.402. The molecule has 1 aliphatic rings. The molecule has 0 bridgehead atoms. The number of hydrogen-bond acceptors (Lipinski definition) is 4. The molecular formula is C15H30N4O2. The van der Waals surface area contributed by atoms with Gasteiger partial charge in [-0.05, 0) is 43.1 Å². The van der Waals surface area contributed by atoms with Gasteiger partial charge in [0.15, 0.2) is 0 Å². The van der Waals surface area contributed by atoms with Crippen LogP contribution in [0.25, 0.3) is 10.4 Å². The Balaban J connectivity index is 2.86. The monoisotopic (exact) mass is 298 g/mol. The fourth-order valence-electron chi connectivity index (χ4n) is 3.23. The normalized spacial score (nSPS) is 26.5. The van der Waals surface area contributed by atoms with E-state index in [-0.39, 0.29) is 18.2 Å². The van der Waals surface area contributed by atoms with Gasteiger partial charge in [-0.25, -0.2) is 0 Å². The third-order valence-electron chi connectivity index (χ3n) is 4.04. The van der Waals surface area contributed by atoms with E-state index < -0.39 is 0 Å². The molecule has 0 aromatic rings. The minimum Gasteiger partial charge on any atom is -0.396 e. The Kier molecular flexibility index (Phi) is 7.46. The van der Waals surface area contributed by atoms with E-state index >= 15 is 0 Å². The van der Waals surface area contributed by atoms with Gasteiger partial charge in [0.1, 0.15) is 0 Å². The van der Waals surface area contributed by atoms with Gasteiger partial charge in [-0.15, -0.1) is 0 Å². The Morgan fingerprint density at radius 1 is 1.38 bits per heavy atom. The standard InChI is InChI=1S/C15H30N4O2/c1-12(2)5-7-19-15(6-8-20,9-13(3)4)10-14(21-19)11-17-18-16/h12-14,20H,5-11H2,1-4H3/t14-,15-/m1/s1. The highest BCUT2D eigenvalue weighted by Gasteiger charge is 2.46. The van der Waals surface area contributed by atoms with Crippen LogP contribution in [-0.2, 0) is 4.84 Å². The smallest absolute Gasteiger partial charge is 0.0868 e. The summed E-state index contributed by atoms with van der Waals surface area (Å²) in [4.78, 5) is 8.87. The summed E-state index contributed by atoms with van der Waals surface area (Å²) in [6.45, 7) is 10.2. The van der Waals surface area contributed by atoms with Crippen molar-refractivity contribution in [1.29, 1.82) is 0 Å². The summed E-state index contributed by atoms with van der Waals surface area (Å²) in [5.41, 5.74) is 8.37. The lowest BCUT2D eigenvalue weighted by molar-refractivity contribution is -0.193. The maximum atomic E-state index is 9.50. The Morgan fingerprint density at radius 3 is 2.62 bits per heavy atom. The second-order valence-electron chi connectivity index (χ2n) is 6.93. The van der Waals surface area contributed by atoms with Crippen LogP contribution in [0.1, 0.15) is 53.4 Å². The lowest BCUT2D eigenvalue weighted by Gasteiger charge is -2.38. The van der Waals surface area contributed by atoms with E-state index in [9.17, 15) is 5.11 Å². The number of hydrogen-bond donors (Lipinski definition) is 1. The van der Waals surface area contributed by atoms with Crippen LogP contribution in [0.2, 0.25) is 0 Å². The molecule has 0 spiro atoms. The van der Waals surface area contributed by atoms with Crippen molar-refractivity contribution in [2.45, 2.75) is 65.0 Å². The molecule has 1 aliphatic heterocycles. The number of hydroxylamine groups is 2. The predicted molar refractivity (Wildman–Crippen MR) is 83.6 cm³/mol. The highest BCUT2D eigenvalue weighted by molar-refractivity contribution is 4.95. The van der Waals surface area contributed by atoms with Crippen molar-refractivity contribution in [3.63, 3.8) is 0 Å². The van der Waals surface area contributed by atoms with E-state index in [1.807, 2.05) is 0 Å². The van der Waals surface area contributed by atoms with Gasteiger partial charge in [0.05, 0.1) is 18.2 Å².